The van der Waals surface area contributed by atoms with Crippen LogP contribution in [0, 0.1) is 0 Å². The number of ether oxygens (including phenoxy) is 1. The van der Waals surface area contributed by atoms with Crippen LogP contribution >= 0.6 is 24.0 Å². The maximum atomic E-state index is 11.8. The van der Waals surface area contributed by atoms with E-state index in [9.17, 15) is 4.79 Å². The van der Waals surface area contributed by atoms with Crippen LogP contribution in [-0.4, -0.2) is 44.7 Å². The van der Waals surface area contributed by atoms with Crippen molar-refractivity contribution in [2.24, 2.45) is 4.99 Å². The number of rotatable bonds is 6. The molecule has 0 bridgehead atoms. The standard InChI is InChI=1S/C17H28N4O2.HI/c1-17(2,3)21-15(22)12-20-16(18-4)19-11-14(23-5)13-9-7-6-8-10-13;/h6-10,14H,11-12H2,1-5H3,(H,21,22)(H2,18,19,20);1H. The maximum Gasteiger partial charge on any atom is 0.239 e. The summed E-state index contributed by atoms with van der Waals surface area (Å²) in [5.41, 5.74) is 0.841. The van der Waals surface area contributed by atoms with Crippen molar-refractivity contribution in [3.8, 4) is 0 Å². The summed E-state index contributed by atoms with van der Waals surface area (Å²) in [5, 5.41) is 9.06. The quantitative estimate of drug-likeness (QED) is 0.354. The van der Waals surface area contributed by atoms with Crippen molar-refractivity contribution < 1.29 is 9.53 Å². The molecular formula is C17H29IN4O2. The van der Waals surface area contributed by atoms with Gasteiger partial charge in [0.1, 0.15) is 0 Å². The van der Waals surface area contributed by atoms with Crippen LogP contribution in [-0.2, 0) is 9.53 Å². The summed E-state index contributed by atoms with van der Waals surface area (Å²) in [6.07, 6.45) is -0.0850. The fourth-order valence-corrected chi connectivity index (χ4v) is 2.04. The Balaban J connectivity index is 0.00000529. The van der Waals surface area contributed by atoms with E-state index in [1.165, 1.54) is 0 Å². The molecule has 7 heteroatoms. The van der Waals surface area contributed by atoms with Crippen LogP contribution in [0.2, 0.25) is 0 Å². The van der Waals surface area contributed by atoms with Gasteiger partial charge in [-0.05, 0) is 26.3 Å². The molecule has 1 aromatic rings. The highest BCUT2D eigenvalue weighted by atomic mass is 127. The number of carbonyl (C=O) groups is 1. The normalized spacial score (nSPS) is 12.8. The van der Waals surface area contributed by atoms with E-state index < -0.39 is 0 Å². The van der Waals surface area contributed by atoms with Crippen LogP contribution in [0.4, 0.5) is 0 Å². The van der Waals surface area contributed by atoms with E-state index >= 15 is 0 Å². The second-order valence-electron chi connectivity index (χ2n) is 6.24. The first-order chi connectivity index (χ1) is 10.9. The molecule has 6 nitrogen and oxygen atoms in total. The van der Waals surface area contributed by atoms with E-state index in [-0.39, 0.29) is 48.1 Å². The molecule has 1 unspecified atom stereocenters. The molecule has 1 amide bonds. The third-order valence-corrected chi connectivity index (χ3v) is 3.07. The molecule has 136 valence electrons. The zero-order valence-electron chi connectivity index (χ0n) is 15.1. The molecule has 0 aliphatic heterocycles. The first-order valence-electron chi connectivity index (χ1n) is 7.69. The third-order valence-electron chi connectivity index (χ3n) is 3.07. The van der Waals surface area contributed by atoms with Crippen LogP contribution < -0.4 is 16.0 Å². The summed E-state index contributed by atoms with van der Waals surface area (Å²) < 4.78 is 5.50. The Kier molecular flexibility index (Phi) is 10.6. The van der Waals surface area contributed by atoms with Crippen molar-refractivity contribution in [2.75, 3.05) is 27.2 Å². The van der Waals surface area contributed by atoms with Gasteiger partial charge in [-0.2, -0.15) is 0 Å². The molecule has 0 aromatic heterocycles. The first kappa shape index (κ1) is 22.6. The van der Waals surface area contributed by atoms with Crippen LogP contribution in [0.25, 0.3) is 0 Å². The monoisotopic (exact) mass is 448 g/mol. The van der Waals surface area contributed by atoms with E-state index in [0.717, 1.165) is 5.56 Å². The van der Waals surface area contributed by atoms with E-state index in [1.54, 1.807) is 14.2 Å². The average molecular weight is 448 g/mol. The van der Waals surface area contributed by atoms with Crippen LogP contribution in [0.15, 0.2) is 35.3 Å². The summed E-state index contributed by atoms with van der Waals surface area (Å²) in [5.74, 6) is 0.485. The molecule has 0 heterocycles. The van der Waals surface area contributed by atoms with Gasteiger partial charge in [0.15, 0.2) is 5.96 Å². The summed E-state index contributed by atoms with van der Waals surface area (Å²) >= 11 is 0. The lowest BCUT2D eigenvalue weighted by Crippen LogP contribution is -2.48. The van der Waals surface area contributed by atoms with Crippen molar-refractivity contribution in [2.45, 2.75) is 32.4 Å². The highest BCUT2D eigenvalue weighted by Gasteiger charge is 2.14. The third kappa shape index (κ3) is 9.07. The van der Waals surface area contributed by atoms with Crippen molar-refractivity contribution in [3.63, 3.8) is 0 Å². The average Bonchev–Trinajstić information content (AvgIpc) is 2.50. The molecule has 1 atom stereocenters. The molecule has 0 spiro atoms. The molecular weight excluding hydrogens is 419 g/mol. The number of benzene rings is 1. The van der Waals surface area contributed by atoms with E-state index in [2.05, 4.69) is 20.9 Å². The summed E-state index contributed by atoms with van der Waals surface area (Å²) in [6.45, 7) is 6.56. The Morgan fingerprint density at radius 3 is 2.33 bits per heavy atom. The molecule has 0 saturated carbocycles. The fourth-order valence-electron chi connectivity index (χ4n) is 2.04. The van der Waals surface area contributed by atoms with E-state index in [0.29, 0.717) is 12.5 Å². The van der Waals surface area contributed by atoms with E-state index in [1.807, 2.05) is 51.1 Å². The summed E-state index contributed by atoms with van der Waals surface area (Å²) in [4.78, 5) is 15.9. The number of nitrogens with zero attached hydrogens (tertiary/aromatic N) is 1. The predicted molar refractivity (Wildman–Crippen MR) is 109 cm³/mol. The molecule has 0 saturated heterocycles. The number of hydrogen-bond donors (Lipinski definition) is 3. The number of aliphatic imine (C=N–C) groups is 1. The highest BCUT2D eigenvalue weighted by Crippen LogP contribution is 2.14. The number of hydrogen-bond acceptors (Lipinski definition) is 3. The molecule has 24 heavy (non-hydrogen) atoms. The lowest BCUT2D eigenvalue weighted by molar-refractivity contribution is -0.121. The SMILES string of the molecule is CN=C(NCC(=O)NC(C)(C)C)NCC(OC)c1ccccc1.I. The second-order valence-corrected chi connectivity index (χ2v) is 6.24. The predicted octanol–water partition coefficient (Wildman–Crippen LogP) is 2.07. The van der Waals surface area contributed by atoms with Gasteiger partial charge in [0.05, 0.1) is 12.6 Å². The Bertz CT molecular complexity index is 515. The van der Waals surface area contributed by atoms with Crippen LogP contribution in [0.3, 0.4) is 0 Å². The minimum absolute atomic E-state index is 0. The zero-order valence-corrected chi connectivity index (χ0v) is 17.4. The van der Waals surface area contributed by atoms with Gasteiger partial charge in [-0.25, -0.2) is 0 Å². The van der Waals surface area contributed by atoms with Gasteiger partial charge >= 0.3 is 0 Å². The van der Waals surface area contributed by atoms with Gasteiger partial charge in [-0.15, -0.1) is 24.0 Å². The van der Waals surface area contributed by atoms with Crippen molar-refractivity contribution in [1.29, 1.82) is 0 Å². The van der Waals surface area contributed by atoms with Crippen molar-refractivity contribution in [3.05, 3.63) is 35.9 Å². The topological polar surface area (TPSA) is 74.8 Å². The largest absolute Gasteiger partial charge is 0.375 e. The fraction of sp³-hybridized carbons (Fsp3) is 0.529. The lowest BCUT2D eigenvalue weighted by Gasteiger charge is -2.22. The lowest BCUT2D eigenvalue weighted by atomic mass is 10.1. The smallest absolute Gasteiger partial charge is 0.239 e. The molecule has 0 fully saturated rings. The van der Waals surface area contributed by atoms with Gasteiger partial charge in [-0.1, -0.05) is 30.3 Å². The number of amides is 1. The number of guanidine groups is 1. The zero-order chi connectivity index (χ0) is 17.3. The van der Waals surface area contributed by atoms with Gasteiger partial charge < -0.3 is 20.7 Å². The number of carbonyl (C=O) groups excluding carboxylic acids is 1. The minimum atomic E-state index is -0.246. The van der Waals surface area contributed by atoms with E-state index in [4.69, 9.17) is 4.74 Å². The number of methoxy groups -OCH3 is 1. The second kappa shape index (κ2) is 11.2. The van der Waals surface area contributed by atoms with Gasteiger partial charge in [-0.3, -0.25) is 9.79 Å². The molecule has 0 aliphatic rings. The molecule has 1 rings (SSSR count). The van der Waals surface area contributed by atoms with Crippen molar-refractivity contribution >= 4 is 35.8 Å². The molecule has 1 aromatic carbocycles. The highest BCUT2D eigenvalue weighted by molar-refractivity contribution is 14.0. The van der Waals surface area contributed by atoms with Gasteiger partial charge in [0, 0.05) is 26.2 Å². The Morgan fingerprint density at radius 2 is 1.83 bits per heavy atom. The summed E-state index contributed by atoms with van der Waals surface area (Å²) in [6, 6.07) is 9.96. The molecule has 3 N–H and O–H groups in total. The Morgan fingerprint density at radius 1 is 1.21 bits per heavy atom. The molecule has 0 aliphatic carbocycles. The number of nitrogens with one attached hydrogen (secondary N) is 3. The van der Waals surface area contributed by atoms with Crippen molar-refractivity contribution in [1.82, 2.24) is 16.0 Å². The maximum absolute atomic E-state index is 11.8. The Hall–Kier alpha value is -1.35. The van der Waals surface area contributed by atoms with Gasteiger partial charge in [0.25, 0.3) is 0 Å². The number of halogens is 1. The molecule has 0 radical (unpaired) electrons. The van der Waals surface area contributed by atoms with Crippen LogP contribution in [0.5, 0.6) is 0 Å². The Labute approximate surface area is 161 Å². The van der Waals surface area contributed by atoms with Crippen LogP contribution in [0.1, 0.15) is 32.4 Å². The summed E-state index contributed by atoms with van der Waals surface area (Å²) in [7, 11) is 3.34. The van der Waals surface area contributed by atoms with Gasteiger partial charge in [0.2, 0.25) is 5.91 Å². The minimum Gasteiger partial charge on any atom is -0.375 e. The first-order valence-corrected chi connectivity index (χ1v) is 7.69.